The van der Waals surface area contributed by atoms with Gasteiger partial charge >= 0.3 is 5.91 Å². The van der Waals surface area contributed by atoms with E-state index >= 15 is 0 Å². The van der Waals surface area contributed by atoms with E-state index in [1.165, 1.54) is 23.5 Å². The summed E-state index contributed by atoms with van der Waals surface area (Å²) in [6.07, 6.45) is 3.27. The second kappa shape index (κ2) is 4.81. The summed E-state index contributed by atoms with van der Waals surface area (Å²) in [4.78, 5) is 37.5. The molecule has 23 heavy (non-hydrogen) atoms. The molecule has 3 fully saturated rings. The number of allylic oxidation sites excluding steroid dienone is 2. The zero-order chi connectivity index (χ0) is 16.3. The van der Waals surface area contributed by atoms with Crippen molar-refractivity contribution in [1.82, 2.24) is 10.4 Å². The second-order valence-corrected chi connectivity index (χ2v) is 6.73. The van der Waals surface area contributed by atoms with Gasteiger partial charge in [-0.25, -0.2) is 0 Å². The van der Waals surface area contributed by atoms with Crippen molar-refractivity contribution in [1.29, 1.82) is 0 Å². The van der Waals surface area contributed by atoms with Crippen LogP contribution in [0.15, 0.2) is 34.0 Å². The number of nitrogens with one attached hydrogen (secondary N) is 1. The number of furan rings is 1. The zero-order valence-corrected chi connectivity index (χ0v) is 13.0. The summed E-state index contributed by atoms with van der Waals surface area (Å²) in [5.41, 5.74) is 4.92. The first-order valence-electron chi connectivity index (χ1n) is 7.90. The molecule has 6 nitrogen and oxygen atoms in total. The van der Waals surface area contributed by atoms with E-state index in [-0.39, 0.29) is 41.2 Å². The van der Waals surface area contributed by atoms with Gasteiger partial charge in [-0.3, -0.25) is 19.8 Å². The van der Waals surface area contributed by atoms with E-state index in [1.807, 2.05) is 13.8 Å². The SMILES string of the molecule is CC(C)=C1[C@@H]2CC[C@@H]1[C@@H]1C(=O)N(NC(=O)c3ccco3)C(=O)[C@H]12. The van der Waals surface area contributed by atoms with Crippen LogP contribution < -0.4 is 5.43 Å². The Labute approximate surface area is 133 Å². The molecule has 3 aliphatic rings. The predicted octanol–water partition coefficient (Wildman–Crippen LogP) is 1.90. The molecule has 1 aromatic rings. The van der Waals surface area contributed by atoms with Gasteiger partial charge in [-0.05, 0) is 50.7 Å². The van der Waals surface area contributed by atoms with Gasteiger partial charge in [0.2, 0.25) is 0 Å². The van der Waals surface area contributed by atoms with E-state index in [1.54, 1.807) is 6.07 Å². The summed E-state index contributed by atoms with van der Waals surface area (Å²) in [6, 6.07) is 3.07. The van der Waals surface area contributed by atoms with Gasteiger partial charge in [0.25, 0.3) is 11.8 Å². The molecule has 2 bridgehead atoms. The van der Waals surface area contributed by atoms with E-state index < -0.39 is 5.91 Å². The number of carbonyl (C=O) groups is 3. The molecule has 6 heteroatoms. The number of hydrazine groups is 1. The molecule has 1 aliphatic heterocycles. The highest BCUT2D eigenvalue weighted by molar-refractivity contribution is 6.08. The summed E-state index contributed by atoms with van der Waals surface area (Å²) >= 11 is 0. The van der Waals surface area contributed by atoms with Crippen LogP contribution in [-0.2, 0) is 9.59 Å². The molecule has 2 heterocycles. The molecule has 0 radical (unpaired) electrons. The first kappa shape index (κ1) is 14.2. The van der Waals surface area contributed by atoms with Crippen molar-refractivity contribution >= 4 is 17.7 Å². The Balaban J connectivity index is 1.61. The molecular weight excluding hydrogens is 296 g/mol. The average Bonchev–Trinajstić information content (AvgIpc) is 3.26. The lowest BCUT2D eigenvalue weighted by Gasteiger charge is -2.19. The summed E-state index contributed by atoms with van der Waals surface area (Å²) in [7, 11) is 0. The summed E-state index contributed by atoms with van der Waals surface area (Å²) in [5.74, 6) is -1.40. The lowest BCUT2D eigenvalue weighted by Crippen LogP contribution is -2.47. The van der Waals surface area contributed by atoms with Crippen LogP contribution in [0.25, 0.3) is 0 Å². The first-order chi connectivity index (χ1) is 11.0. The van der Waals surface area contributed by atoms with Crippen LogP contribution in [0, 0.1) is 23.7 Å². The van der Waals surface area contributed by atoms with Gasteiger partial charge in [-0.15, -0.1) is 0 Å². The molecule has 1 N–H and O–H groups in total. The number of carbonyl (C=O) groups excluding carboxylic acids is 3. The number of nitrogens with zero attached hydrogens (tertiary/aromatic N) is 1. The average molecular weight is 314 g/mol. The maximum atomic E-state index is 12.7. The van der Waals surface area contributed by atoms with Crippen LogP contribution in [-0.4, -0.2) is 22.7 Å². The van der Waals surface area contributed by atoms with Crippen molar-refractivity contribution in [3.63, 3.8) is 0 Å². The highest BCUT2D eigenvalue weighted by Crippen LogP contribution is 2.59. The molecule has 4 rings (SSSR count). The summed E-state index contributed by atoms with van der Waals surface area (Å²) in [6.45, 7) is 4.10. The Morgan fingerprint density at radius 3 is 2.26 bits per heavy atom. The van der Waals surface area contributed by atoms with Crippen molar-refractivity contribution in [3.8, 4) is 0 Å². The van der Waals surface area contributed by atoms with E-state index in [4.69, 9.17) is 4.42 Å². The smallest absolute Gasteiger partial charge is 0.305 e. The van der Waals surface area contributed by atoms with Gasteiger partial charge in [-0.1, -0.05) is 11.1 Å². The number of amides is 3. The maximum Gasteiger partial charge on any atom is 0.305 e. The largest absolute Gasteiger partial charge is 0.459 e. The normalized spacial score (nSPS) is 31.7. The molecule has 0 spiro atoms. The Morgan fingerprint density at radius 2 is 1.78 bits per heavy atom. The maximum absolute atomic E-state index is 12.7. The fourth-order valence-corrected chi connectivity index (χ4v) is 4.67. The number of hydrogen-bond donors (Lipinski definition) is 1. The highest BCUT2D eigenvalue weighted by atomic mass is 16.3. The van der Waals surface area contributed by atoms with E-state index in [0.29, 0.717) is 0 Å². The molecule has 3 amide bonds. The fraction of sp³-hybridized carbons (Fsp3) is 0.471. The number of rotatable bonds is 2. The standard InChI is InChI=1S/C17H18N2O4/c1-8(2)12-9-5-6-10(12)14-13(9)16(21)19(17(14)22)18-15(20)11-4-3-7-23-11/h3-4,7,9-10,13-14H,5-6H2,1-2H3,(H,18,20)/t9-,10-,13-,14-/m0/s1. The predicted molar refractivity (Wildman–Crippen MR) is 79.6 cm³/mol. The highest BCUT2D eigenvalue weighted by Gasteiger charge is 2.63. The van der Waals surface area contributed by atoms with Crippen LogP contribution in [0.1, 0.15) is 37.2 Å². The van der Waals surface area contributed by atoms with Crippen LogP contribution in [0.5, 0.6) is 0 Å². The van der Waals surface area contributed by atoms with Crippen molar-refractivity contribution in [2.24, 2.45) is 23.7 Å². The van der Waals surface area contributed by atoms with Crippen LogP contribution in [0.4, 0.5) is 0 Å². The van der Waals surface area contributed by atoms with Crippen molar-refractivity contribution < 1.29 is 18.8 Å². The van der Waals surface area contributed by atoms with Crippen molar-refractivity contribution in [2.45, 2.75) is 26.7 Å². The quantitative estimate of drug-likeness (QED) is 0.668. The van der Waals surface area contributed by atoms with E-state index in [0.717, 1.165) is 17.9 Å². The Hall–Kier alpha value is -2.37. The first-order valence-corrected chi connectivity index (χ1v) is 7.90. The summed E-state index contributed by atoms with van der Waals surface area (Å²) in [5, 5.41) is 0.910. The van der Waals surface area contributed by atoms with Crippen molar-refractivity contribution in [2.75, 3.05) is 0 Å². The molecule has 2 aliphatic carbocycles. The van der Waals surface area contributed by atoms with Crippen molar-refractivity contribution in [3.05, 3.63) is 35.3 Å². The molecule has 1 saturated heterocycles. The summed E-state index contributed by atoms with van der Waals surface area (Å²) < 4.78 is 5.00. The number of imide groups is 1. The van der Waals surface area contributed by atoms with Gasteiger partial charge in [0.05, 0.1) is 18.1 Å². The third-order valence-corrected chi connectivity index (χ3v) is 5.39. The van der Waals surface area contributed by atoms with Gasteiger partial charge in [0, 0.05) is 0 Å². The molecule has 1 aromatic heterocycles. The minimum absolute atomic E-state index is 0.0793. The van der Waals surface area contributed by atoms with Gasteiger partial charge in [-0.2, -0.15) is 5.01 Å². The minimum atomic E-state index is -0.577. The Kier molecular flexibility index (Phi) is 2.98. The van der Waals surface area contributed by atoms with Gasteiger partial charge < -0.3 is 4.42 Å². The zero-order valence-electron chi connectivity index (χ0n) is 13.0. The van der Waals surface area contributed by atoms with Crippen LogP contribution in [0.2, 0.25) is 0 Å². The van der Waals surface area contributed by atoms with E-state index in [9.17, 15) is 14.4 Å². The number of fused-ring (bicyclic) bond motifs is 5. The van der Waals surface area contributed by atoms with Crippen LogP contribution in [0.3, 0.4) is 0 Å². The molecule has 2 saturated carbocycles. The second-order valence-electron chi connectivity index (χ2n) is 6.73. The number of hydrogen-bond acceptors (Lipinski definition) is 4. The van der Waals surface area contributed by atoms with E-state index in [2.05, 4.69) is 5.43 Å². The molecule has 0 unspecified atom stereocenters. The topological polar surface area (TPSA) is 79.6 Å². The molecular formula is C17H18N2O4. The molecule has 120 valence electrons. The third kappa shape index (κ3) is 1.84. The molecule has 4 atom stereocenters. The van der Waals surface area contributed by atoms with Gasteiger partial charge in [0.1, 0.15) is 0 Å². The van der Waals surface area contributed by atoms with Gasteiger partial charge in [0.15, 0.2) is 5.76 Å². The minimum Gasteiger partial charge on any atom is -0.459 e. The Morgan fingerprint density at radius 1 is 1.17 bits per heavy atom. The lowest BCUT2D eigenvalue weighted by atomic mass is 9.81. The Bertz CT molecular complexity index is 698. The monoisotopic (exact) mass is 314 g/mol. The fourth-order valence-electron chi connectivity index (χ4n) is 4.67. The molecule has 0 aromatic carbocycles. The van der Waals surface area contributed by atoms with Crippen LogP contribution >= 0.6 is 0 Å². The lowest BCUT2D eigenvalue weighted by molar-refractivity contribution is -0.143. The third-order valence-electron chi connectivity index (χ3n) is 5.39.